The molecule has 0 unspecified atom stereocenters. The molecule has 0 aliphatic carbocycles. The average molecular weight is 324 g/mol. The Kier molecular flexibility index (Phi) is 5.05. The SMILES string of the molecule is CCCN(CC(=O)O)C(=O)c1cc(Cl)ccc1-n1cnnn1. The van der Waals surface area contributed by atoms with E-state index >= 15 is 0 Å². The van der Waals surface area contributed by atoms with Crippen LogP contribution in [0.4, 0.5) is 0 Å². The van der Waals surface area contributed by atoms with Crippen LogP contribution >= 0.6 is 11.6 Å². The van der Waals surface area contributed by atoms with Crippen molar-refractivity contribution in [3.05, 3.63) is 35.1 Å². The number of aromatic nitrogens is 4. The molecule has 2 rings (SSSR count). The lowest BCUT2D eigenvalue weighted by Crippen LogP contribution is -2.36. The van der Waals surface area contributed by atoms with Crippen molar-refractivity contribution >= 4 is 23.5 Å². The number of hydrogen-bond acceptors (Lipinski definition) is 5. The Bertz CT molecular complexity index is 674. The molecule has 8 nitrogen and oxygen atoms in total. The van der Waals surface area contributed by atoms with Gasteiger partial charge in [0.2, 0.25) is 0 Å². The lowest BCUT2D eigenvalue weighted by molar-refractivity contribution is -0.137. The maximum Gasteiger partial charge on any atom is 0.323 e. The highest BCUT2D eigenvalue weighted by Crippen LogP contribution is 2.20. The maximum atomic E-state index is 12.7. The van der Waals surface area contributed by atoms with Crippen molar-refractivity contribution in [1.82, 2.24) is 25.1 Å². The summed E-state index contributed by atoms with van der Waals surface area (Å²) in [5.74, 6) is -1.51. The van der Waals surface area contributed by atoms with Crippen LogP contribution in [-0.4, -0.2) is 55.2 Å². The number of carbonyl (C=O) groups is 2. The lowest BCUT2D eigenvalue weighted by atomic mass is 10.1. The molecule has 0 radical (unpaired) electrons. The van der Waals surface area contributed by atoms with Crippen molar-refractivity contribution in [1.29, 1.82) is 0 Å². The van der Waals surface area contributed by atoms with Gasteiger partial charge in [0.25, 0.3) is 5.91 Å². The number of nitrogens with zero attached hydrogens (tertiary/aromatic N) is 5. The molecule has 0 atom stereocenters. The monoisotopic (exact) mass is 323 g/mol. The van der Waals surface area contributed by atoms with Crippen LogP contribution in [0.2, 0.25) is 5.02 Å². The van der Waals surface area contributed by atoms with E-state index < -0.39 is 11.9 Å². The first-order valence-electron chi connectivity index (χ1n) is 6.57. The number of tetrazole rings is 1. The molecule has 116 valence electrons. The van der Waals surface area contributed by atoms with E-state index in [1.54, 1.807) is 12.1 Å². The number of carboxylic acid groups (broad SMARTS) is 1. The maximum absolute atomic E-state index is 12.7. The number of aliphatic carboxylic acids is 1. The smallest absolute Gasteiger partial charge is 0.323 e. The first-order valence-corrected chi connectivity index (χ1v) is 6.94. The molecular weight excluding hydrogens is 310 g/mol. The van der Waals surface area contributed by atoms with Crippen molar-refractivity contribution in [3.63, 3.8) is 0 Å². The zero-order valence-corrected chi connectivity index (χ0v) is 12.6. The first-order chi connectivity index (χ1) is 10.5. The Morgan fingerprint density at radius 3 is 2.77 bits per heavy atom. The van der Waals surface area contributed by atoms with Crippen LogP contribution in [0.3, 0.4) is 0 Å². The van der Waals surface area contributed by atoms with Crippen LogP contribution in [0, 0.1) is 0 Å². The molecule has 0 saturated heterocycles. The standard InChI is InChI=1S/C13H14ClN5O3/c1-2-5-18(7-12(20)21)13(22)10-6-9(14)3-4-11(10)19-8-15-16-17-19/h3-4,6,8H,2,5,7H2,1H3,(H,20,21). The molecule has 2 aromatic rings. The van der Waals surface area contributed by atoms with Gasteiger partial charge in [-0.15, -0.1) is 5.10 Å². The van der Waals surface area contributed by atoms with E-state index in [1.165, 1.54) is 22.0 Å². The van der Waals surface area contributed by atoms with Gasteiger partial charge in [0.1, 0.15) is 12.9 Å². The number of halogens is 1. The van der Waals surface area contributed by atoms with Gasteiger partial charge in [0, 0.05) is 11.6 Å². The molecule has 0 aliphatic rings. The van der Waals surface area contributed by atoms with Crippen molar-refractivity contribution in [2.75, 3.05) is 13.1 Å². The van der Waals surface area contributed by atoms with Gasteiger partial charge in [-0.05, 0) is 35.0 Å². The largest absolute Gasteiger partial charge is 0.480 e. The third-order valence-corrected chi connectivity index (χ3v) is 3.13. The van der Waals surface area contributed by atoms with E-state index in [0.717, 1.165) is 0 Å². The van der Waals surface area contributed by atoms with E-state index in [9.17, 15) is 9.59 Å². The highest BCUT2D eigenvalue weighted by atomic mass is 35.5. The second-order valence-electron chi connectivity index (χ2n) is 4.54. The van der Waals surface area contributed by atoms with Crippen molar-refractivity contribution < 1.29 is 14.7 Å². The Labute approximate surface area is 131 Å². The molecule has 1 aromatic carbocycles. The quantitative estimate of drug-likeness (QED) is 0.858. The number of rotatable bonds is 6. The fourth-order valence-corrected chi connectivity index (χ4v) is 2.18. The summed E-state index contributed by atoms with van der Waals surface area (Å²) in [6.07, 6.45) is 1.99. The topological polar surface area (TPSA) is 101 Å². The molecule has 1 N–H and O–H groups in total. The van der Waals surface area contributed by atoms with E-state index in [4.69, 9.17) is 16.7 Å². The highest BCUT2D eigenvalue weighted by Gasteiger charge is 2.22. The first kappa shape index (κ1) is 15.9. The summed E-state index contributed by atoms with van der Waals surface area (Å²) in [4.78, 5) is 24.9. The summed E-state index contributed by atoms with van der Waals surface area (Å²) < 4.78 is 1.33. The molecule has 0 bridgehead atoms. The van der Waals surface area contributed by atoms with Crippen LogP contribution in [0.25, 0.3) is 5.69 Å². The van der Waals surface area contributed by atoms with Gasteiger partial charge in [0.05, 0.1) is 11.3 Å². The van der Waals surface area contributed by atoms with Crippen molar-refractivity contribution in [2.45, 2.75) is 13.3 Å². The molecule has 0 aliphatic heterocycles. The predicted octanol–water partition coefficient (Wildman–Crippen LogP) is 1.25. The number of hydrogen-bond donors (Lipinski definition) is 1. The second-order valence-corrected chi connectivity index (χ2v) is 4.97. The third kappa shape index (κ3) is 3.59. The lowest BCUT2D eigenvalue weighted by Gasteiger charge is -2.21. The van der Waals surface area contributed by atoms with Gasteiger partial charge in [-0.2, -0.15) is 4.68 Å². The van der Waals surface area contributed by atoms with Crippen LogP contribution < -0.4 is 0 Å². The van der Waals surface area contributed by atoms with Gasteiger partial charge >= 0.3 is 5.97 Å². The summed E-state index contributed by atoms with van der Waals surface area (Å²) in [6, 6.07) is 4.69. The molecule has 22 heavy (non-hydrogen) atoms. The number of carbonyl (C=O) groups excluding carboxylic acids is 1. The van der Waals surface area contributed by atoms with Gasteiger partial charge in [-0.25, -0.2) is 0 Å². The predicted molar refractivity (Wildman–Crippen MR) is 78.0 cm³/mol. The highest BCUT2D eigenvalue weighted by molar-refractivity contribution is 6.31. The Morgan fingerprint density at radius 1 is 1.41 bits per heavy atom. The van der Waals surface area contributed by atoms with Crippen LogP contribution in [0.1, 0.15) is 23.7 Å². The summed E-state index contributed by atoms with van der Waals surface area (Å²) in [6.45, 7) is 1.81. The number of amides is 1. The number of carboxylic acids is 1. The summed E-state index contributed by atoms with van der Waals surface area (Å²) in [5.41, 5.74) is 0.681. The second kappa shape index (κ2) is 6.99. The minimum Gasteiger partial charge on any atom is -0.480 e. The molecule has 1 heterocycles. The molecule has 0 fully saturated rings. The molecular formula is C13H14ClN5O3. The molecule has 1 amide bonds. The fraction of sp³-hybridized carbons (Fsp3) is 0.308. The van der Waals surface area contributed by atoms with Crippen molar-refractivity contribution in [2.24, 2.45) is 0 Å². The zero-order valence-electron chi connectivity index (χ0n) is 11.8. The Hall–Kier alpha value is -2.48. The van der Waals surface area contributed by atoms with E-state index in [1.807, 2.05) is 6.92 Å². The van der Waals surface area contributed by atoms with Crippen molar-refractivity contribution in [3.8, 4) is 5.69 Å². The fourth-order valence-electron chi connectivity index (χ4n) is 2.01. The van der Waals surface area contributed by atoms with Crippen LogP contribution in [0.5, 0.6) is 0 Å². The van der Waals surface area contributed by atoms with Gasteiger partial charge in [0.15, 0.2) is 0 Å². The van der Waals surface area contributed by atoms with Gasteiger partial charge in [-0.1, -0.05) is 18.5 Å². The molecule has 1 aromatic heterocycles. The summed E-state index contributed by atoms with van der Waals surface area (Å²) >= 11 is 5.96. The zero-order chi connectivity index (χ0) is 16.1. The van der Waals surface area contributed by atoms with Gasteiger partial charge < -0.3 is 10.0 Å². The van der Waals surface area contributed by atoms with Crippen LogP contribution in [-0.2, 0) is 4.79 Å². The minimum atomic E-state index is -1.08. The Balaban J connectivity index is 2.43. The summed E-state index contributed by atoms with van der Waals surface area (Å²) in [7, 11) is 0. The molecule has 0 spiro atoms. The molecule has 9 heteroatoms. The number of benzene rings is 1. The molecule has 0 saturated carbocycles. The van der Waals surface area contributed by atoms with Crippen LogP contribution in [0.15, 0.2) is 24.5 Å². The van der Waals surface area contributed by atoms with E-state index in [2.05, 4.69) is 15.5 Å². The van der Waals surface area contributed by atoms with E-state index in [0.29, 0.717) is 23.7 Å². The van der Waals surface area contributed by atoms with E-state index in [-0.39, 0.29) is 12.1 Å². The van der Waals surface area contributed by atoms with Gasteiger partial charge in [-0.3, -0.25) is 9.59 Å². The average Bonchev–Trinajstić information content (AvgIpc) is 2.99. The third-order valence-electron chi connectivity index (χ3n) is 2.89. The minimum absolute atomic E-state index is 0.245. The normalized spacial score (nSPS) is 10.5. The summed E-state index contributed by atoms with van der Waals surface area (Å²) in [5, 5.41) is 20.1. The Morgan fingerprint density at radius 2 is 2.18 bits per heavy atom.